The van der Waals surface area contributed by atoms with Crippen molar-refractivity contribution in [1.29, 1.82) is 0 Å². The van der Waals surface area contributed by atoms with Crippen LogP contribution in [0, 0.1) is 0 Å². The quantitative estimate of drug-likeness (QED) is 0.665. The third-order valence-electron chi connectivity index (χ3n) is 5.65. The maximum atomic E-state index is 13.2. The summed E-state index contributed by atoms with van der Waals surface area (Å²) in [6.45, 7) is 2.06. The van der Waals surface area contributed by atoms with E-state index in [-0.39, 0.29) is 11.9 Å². The molecule has 0 aliphatic carbocycles. The summed E-state index contributed by atoms with van der Waals surface area (Å²) in [5.74, 6) is 0.651. The Balaban J connectivity index is 1.55. The first-order valence-electron chi connectivity index (χ1n) is 10.4. The summed E-state index contributed by atoms with van der Waals surface area (Å²) < 4.78 is 11.1. The van der Waals surface area contributed by atoms with Gasteiger partial charge < -0.3 is 19.7 Å². The number of nitrogens with one attached hydrogen (secondary N) is 1. The van der Waals surface area contributed by atoms with Gasteiger partial charge in [0.25, 0.3) is 5.91 Å². The number of likely N-dealkylation sites (N-methyl/N-ethyl adjacent to an activating group) is 1. The standard InChI is InChI=1S/C24H27N3O4/c1-26-20-15-27(12-7-13-30-2)23(28)21(20)22(25-24(26)29)18-10-6-11-19(14-18)31-16-17-8-4-3-5-9-17/h3-6,8-11,14,22H,7,12-13,15-16H2,1-2H3,(H,25,29)/t22-/m1/s1. The van der Waals surface area contributed by atoms with Crippen molar-refractivity contribution in [2.45, 2.75) is 19.1 Å². The molecule has 162 valence electrons. The molecule has 0 bridgehead atoms. The minimum absolute atomic E-state index is 0.0430. The van der Waals surface area contributed by atoms with E-state index in [2.05, 4.69) is 5.32 Å². The van der Waals surface area contributed by atoms with Crippen LogP contribution in [0.3, 0.4) is 0 Å². The molecule has 2 aromatic rings. The first-order valence-corrected chi connectivity index (χ1v) is 10.4. The molecular formula is C24H27N3O4. The number of benzene rings is 2. The van der Waals surface area contributed by atoms with Crippen molar-refractivity contribution in [2.75, 3.05) is 33.9 Å². The molecule has 3 amide bonds. The molecule has 0 unspecified atom stereocenters. The van der Waals surface area contributed by atoms with Gasteiger partial charge in [-0.1, -0.05) is 42.5 Å². The molecule has 0 saturated heterocycles. The second-order valence-electron chi connectivity index (χ2n) is 7.72. The Morgan fingerprint density at radius 1 is 1.10 bits per heavy atom. The fourth-order valence-corrected chi connectivity index (χ4v) is 3.98. The summed E-state index contributed by atoms with van der Waals surface area (Å²) in [6, 6.07) is 16.8. The number of nitrogens with zero attached hydrogens (tertiary/aromatic N) is 2. The zero-order valence-corrected chi connectivity index (χ0v) is 17.8. The topological polar surface area (TPSA) is 71.1 Å². The van der Waals surface area contributed by atoms with E-state index in [4.69, 9.17) is 9.47 Å². The molecule has 2 aromatic carbocycles. The van der Waals surface area contributed by atoms with Crippen LogP contribution in [0.2, 0.25) is 0 Å². The highest BCUT2D eigenvalue weighted by atomic mass is 16.5. The van der Waals surface area contributed by atoms with Crippen molar-refractivity contribution < 1.29 is 19.1 Å². The van der Waals surface area contributed by atoms with Crippen LogP contribution < -0.4 is 10.1 Å². The highest BCUT2D eigenvalue weighted by molar-refractivity contribution is 6.01. The Hall–Kier alpha value is -3.32. The second kappa shape index (κ2) is 9.22. The highest BCUT2D eigenvalue weighted by Gasteiger charge is 2.42. The number of hydrogen-bond acceptors (Lipinski definition) is 4. The molecule has 0 fully saturated rings. The summed E-state index contributed by atoms with van der Waals surface area (Å²) in [5.41, 5.74) is 3.28. The van der Waals surface area contributed by atoms with Crippen LogP contribution in [0.15, 0.2) is 65.9 Å². The number of carbonyl (C=O) groups excluding carboxylic acids is 2. The summed E-state index contributed by atoms with van der Waals surface area (Å²) in [7, 11) is 3.35. The monoisotopic (exact) mass is 421 g/mol. The lowest BCUT2D eigenvalue weighted by atomic mass is 9.95. The molecule has 2 aliphatic heterocycles. The fourth-order valence-electron chi connectivity index (χ4n) is 3.98. The predicted molar refractivity (Wildman–Crippen MR) is 116 cm³/mol. The summed E-state index contributed by atoms with van der Waals surface area (Å²) in [5, 5.41) is 2.97. The van der Waals surface area contributed by atoms with Crippen molar-refractivity contribution in [3.05, 3.63) is 77.0 Å². The van der Waals surface area contributed by atoms with Gasteiger partial charge in [0.15, 0.2) is 0 Å². The Labute approximate surface area is 182 Å². The van der Waals surface area contributed by atoms with E-state index in [1.54, 1.807) is 19.1 Å². The summed E-state index contributed by atoms with van der Waals surface area (Å²) in [6.07, 6.45) is 0.751. The van der Waals surface area contributed by atoms with Crippen molar-refractivity contribution in [2.24, 2.45) is 0 Å². The van der Waals surface area contributed by atoms with E-state index in [9.17, 15) is 9.59 Å². The fraction of sp³-hybridized carbons (Fsp3) is 0.333. The molecule has 0 aromatic heterocycles. The van der Waals surface area contributed by atoms with Crippen LogP contribution >= 0.6 is 0 Å². The normalized spacial score (nSPS) is 18.3. The number of urea groups is 1. The van der Waals surface area contributed by atoms with E-state index in [0.29, 0.717) is 37.6 Å². The zero-order valence-electron chi connectivity index (χ0n) is 17.8. The Bertz CT molecular complexity index is 989. The molecule has 1 atom stereocenters. The molecule has 31 heavy (non-hydrogen) atoms. The van der Waals surface area contributed by atoms with Gasteiger partial charge in [-0.05, 0) is 29.7 Å². The SMILES string of the molecule is COCCCN1CC2=C(C1=O)[C@@H](c1cccc(OCc3ccccc3)c1)NC(=O)N2C. The highest BCUT2D eigenvalue weighted by Crippen LogP contribution is 2.36. The van der Waals surface area contributed by atoms with Crippen LogP contribution in [-0.2, 0) is 16.1 Å². The maximum Gasteiger partial charge on any atom is 0.322 e. The van der Waals surface area contributed by atoms with Crippen LogP contribution in [0.4, 0.5) is 4.79 Å². The average Bonchev–Trinajstić information content (AvgIpc) is 3.12. The average molecular weight is 421 g/mol. The minimum Gasteiger partial charge on any atom is -0.489 e. The number of ether oxygens (including phenoxy) is 2. The lowest BCUT2D eigenvalue weighted by Gasteiger charge is -2.31. The van der Waals surface area contributed by atoms with E-state index in [1.807, 2.05) is 54.6 Å². The Morgan fingerprint density at radius 3 is 2.68 bits per heavy atom. The third kappa shape index (κ3) is 4.41. The lowest BCUT2D eigenvalue weighted by molar-refractivity contribution is -0.125. The first-order chi connectivity index (χ1) is 15.1. The smallest absolute Gasteiger partial charge is 0.322 e. The summed E-state index contributed by atoms with van der Waals surface area (Å²) >= 11 is 0. The molecule has 7 nitrogen and oxygen atoms in total. The van der Waals surface area contributed by atoms with E-state index < -0.39 is 6.04 Å². The number of methoxy groups -OCH3 is 1. The number of carbonyl (C=O) groups is 2. The van der Waals surface area contributed by atoms with Crippen molar-refractivity contribution in [3.63, 3.8) is 0 Å². The van der Waals surface area contributed by atoms with Crippen LogP contribution in [0.5, 0.6) is 5.75 Å². The van der Waals surface area contributed by atoms with E-state index in [0.717, 1.165) is 23.2 Å². The Kier molecular flexibility index (Phi) is 6.23. The number of hydrogen-bond donors (Lipinski definition) is 1. The van der Waals surface area contributed by atoms with Crippen molar-refractivity contribution in [3.8, 4) is 5.75 Å². The molecule has 2 heterocycles. The van der Waals surface area contributed by atoms with Gasteiger partial charge in [-0.25, -0.2) is 4.79 Å². The minimum atomic E-state index is -0.501. The van der Waals surface area contributed by atoms with Gasteiger partial charge >= 0.3 is 6.03 Å². The predicted octanol–water partition coefficient (Wildman–Crippen LogP) is 3.09. The van der Waals surface area contributed by atoms with Gasteiger partial charge in [0, 0.05) is 27.3 Å². The largest absolute Gasteiger partial charge is 0.489 e. The van der Waals surface area contributed by atoms with Crippen LogP contribution in [0.25, 0.3) is 0 Å². The Morgan fingerprint density at radius 2 is 1.90 bits per heavy atom. The molecule has 2 aliphatic rings. The first kappa shape index (κ1) is 20.9. The van der Waals surface area contributed by atoms with Crippen molar-refractivity contribution >= 4 is 11.9 Å². The van der Waals surface area contributed by atoms with Crippen LogP contribution in [-0.4, -0.2) is 55.6 Å². The van der Waals surface area contributed by atoms with E-state index >= 15 is 0 Å². The van der Waals surface area contributed by atoms with Crippen LogP contribution in [0.1, 0.15) is 23.6 Å². The third-order valence-corrected chi connectivity index (χ3v) is 5.65. The van der Waals surface area contributed by atoms with Gasteiger partial charge in [0.2, 0.25) is 0 Å². The second-order valence-corrected chi connectivity index (χ2v) is 7.72. The number of rotatable bonds is 8. The molecule has 1 N–H and O–H groups in total. The lowest BCUT2D eigenvalue weighted by Crippen LogP contribution is -2.45. The maximum absolute atomic E-state index is 13.2. The van der Waals surface area contributed by atoms with Gasteiger partial charge in [0.05, 0.1) is 23.9 Å². The molecule has 4 rings (SSSR count). The molecule has 0 radical (unpaired) electrons. The van der Waals surface area contributed by atoms with Gasteiger partial charge in [0.1, 0.15) is 12.4 Å². The molecule has 7 heteroatoms. The van der Waals surface area contributed by atoms with E-state index in [1.165, 1.54) is 4.90 Å². The molecule has 0 saturated carbocycles. The molecular weight excluding hydrogens is 394 g/mol. The van der Waals surface area contributed by atoms with Gasteiger partial charge in [-0.3, -0.25) is 9.69 Å². The molecule has 0 spiro atoms. The van der Waals surface area contributed by atoms with Gasteiger partial charge in [-0.2, -0.15) is 0 Å². The van der Waals surface area contributed by atoms with Crippen molar-refractivity contribution in [1.82, 2.24) is 15.1 Å². The zero-order chi connectivity index (χ0) is 21.8. The van der Waals surface area contributed by atoms with Gasteiger partial charge in [-0.15, -0.1) is 0 Å². The summed E-state index contributed by atoms with van der Waals surface area (Å²) in [4.78, 5) is 29.1. The number of amides is 3.